The van der Waals surface area contributed by atoms with Crippen LogP contribution in [0.25, 0.3) is 0 Å². The van der Waals surface area contributed by atoms with Crippen LogP contribution in [0.4, 0.5) is 0 Å². The zero-order valence-corrected chi connectivity index (χ0v) is 12.8. The fourth-order valence-electron chi connectivity index (χ4n) is 2.54. The number of rotatable bonds is 3. The summed E-state index contributed by atoms with van der Waals surface area (Å²) >= 11 is 0. The van der Waals surface area contributed by atoms with Crippen LogP contribution in [-0.4, -0.2) is 47.2 Å². The summed E-state index contributed by atoms with van der Waals surface area (Å²) < 4.78 is 26.5. The lowest BCUT2D eigenvalue weighted by Gasteiger charge is -2.32. The Bertz CT molecular complexity index is 574. The summed E-state index contributed by atoms with van der Waals surface area (Å²) in [6, 6.07) is 5.95. The molecule has 0 spiro atoms. The highest BCUT2D eigenvalue weighted by Crippen LogP contribution is 2.32. The molecule has 0 bridgehead atoms. The lowest BCUT2D eigenvalue weighted by Crippen LogP contribution is -2.48. The highest BCUT2D eigenvalue weighted by molar-refractivity contribution is 7.89. The number of hydrogen-bond donors (Lipinski definition) is 2. The molecule has 2 rings (SSSR count). The molecule has 1 aromatic rings. The van der Waals surface area contributed by atoms with E-state index in [2.05, 4.69) is 0 Å². The summed E-state index contributed by atoms with van der Waals surface area (Å²) in [5.41, 5.74) is -0.223. The maximum atomic E-state index is 12.7. The molecule has 0 unspecified atom stereocenters. The van der Waals surface area contributed by atoms with Crippen molar-refractivity contribution < 1.29 is 18.6 Å². The average Bonchev–Trinajstić information content (AvgIpc) is 2.72. The van der Waals surface area contributed by atoms with E-state index in [1.54, 1.807) is 38.1 Å². The van der Waals surface area contributed by atoms with Crippen LogP contribution in [0.15, 0.2) is 29.2 Å². The molecule has 0 aromatic heterocycles. The van der Waals surface area contributed by atoms with E-state index < -0.39 is 27.8 Å². The molecule has 1 heterocycles. The van der Waals surface area contributed by atoms with Gasteiger partial charge in [0.25, 0.3) is 0 Å². The zero-order valence-electron chi connectivity index (χ0n) is 11.9. The number of aryl methyl sites for hydroxylation is 1. The van der Waals surface area contributed by atoms with Crippen LogP contribution in [-0.2, 0) is 10.0 Å². The maximum absolute atomic E-state index is 12.7. The third-order valence-electron chi connectivity index (χ3n) is 3.68. The van der Waals surface area contributed by atoms with E-state index in [0.29, 0.717) is 0 Å². The molecule has 0 aliphatic carbocycles. The summed E-state index contributed by atoms with van der Waals surface area (Å²) in [6.45, 7) is 5.03. The monoisotopic (exact) mass is 299 g/mol. The molecule has 1 aliphatic rings. The first kappa shape index (κ1) is 15.4. The molecule has 2 N–H and O–H groups in total. The second-order valence-corrected chi connectivity index (χ2v) is 7.84. The van der Waals surface area contributed by atoms with E-state index in [-0.39, 0.29) is 17.9 Å². The van der Waals surface area contributed by atoms with Gasteiger partial charge in [-0.3, -0.25) is 0 Å². The van der Waals surface area contributed by atoms with E-state index in [0.717, 1.165) is 5.56 Å². The number of aliphatic hydroxyl groups is 2. The van der Waals surface area contributed by atoms with Crippen molar-refractivity contribution in [1.82, 2.24) is 4.31 Å². The molecule has 1 fully saturated rings. The number of sulfonamides is 1. The number of nitrogens with zero attached hydrogens (tertiary/aromatic N) is 1. The number of β-amino-alcohol motifs (C(OH)–C–C–N with tert-alkyl or cyclic N) is 1. The van der Waals surface area contributed by atoms with E-state index in [1.807, 2.05) is 6.92 Å². The van der Waals surface area contributed by atoms with Gasteiger partial charge in [-0.25, -0.2) is 8.42 Å². The van der Waals surface area contributed by atoms with E-state index in [4.69, 9.17) is 0 Å². The number of benzene rings is 1. The fraction of sp³-hybridized carbons (Fsp3) is 0.571. The molecule has 2 atom stereocenters. The molecular formula is C14H21NO4S. The number of hydrogen-bond acceptors (Lipinski definition) is 4. The standard InChI is InChI=1S/C14H21NO4S/c1-10-4-6-12(7-5-10)20(18,19)15-9-11(16)8-13(15)14(2,3)17/h4-7,11,13,16-17H,8-9H2,1-3H3/t11-,13+/m1/s1. The second-order valence-electron chi connectivity index (χ2n) is 5.95. The third kappa shape index (κ3) is 2.88. The zero-order chi connectivity index (χ0) is 15.1. The van der Waals surface area contributed by atoms with E-state index >= 15 is 0 Å². The Balaban J connectivity index is 2.40. The van der Waals surface area contributed by atoms with Crippen molar-refractivity contribution in [2.45, 2.75) is 49.8 Å². The Hall–Kier alpha value is -0.950. The Kier molecular flexibility index (Phi) is 3.94. The van der Waals surface area contributed by atoms with Crippen molar-refractivity contribution in [3.05, 3.63) is 29.8 Å². The molecule has 0 radical (unpaired) electrons. The average molecular weight is 299 g/mol. The minimum atomic E-state index is -3.71. The molecule has 1 aliphatic heterocycles. The summed E-state index contributed by atoms with van der Waals surface area (Å²) in [5, 5.41) is 19.9. The van der Waals surface area contributed by atoms with Crippen LogP contribution in [0.2, 0.25) is 0 Å². The highest BCUT2D eigenvalue weighted by atomic mass is 32.2. The molecule has 20 heavy (non-hydrogen) atoms. The van der Waals surface area contributed by atoms with Crippen LogP contribution in [0, 0.1) is 6.92 Å². The predicted octanol–water partition coefficient (Wildman–Crippen LogP) is 0.890. The Morgan fingerprint density at radius 2 is 1.80 bits per heavy atom. The first-order valence-corrected chi connectivity index (χ1v) is 8.05. The first-order chi connectivity index (χ1) is 9.12. The van der Waals surface area contributed by atoms with Crippen LogP contribution in [0.5, 0.6) is 0 Å². The van der Waals surface area contributed by atoms with Gasteiger partial charge in [0, 0.05) is 6.54 Å². The van der Waals surface area contributed by atoms with Gasteiger partial charge in [0.2, 0.25) is 10.0 Å². The lowest BCUT2D eigenvalue weighted by molar-refractivity contribution is 0.0197. The molecule has 1 saturated heterocycles. The van der Waals surface area contributed by atoms with Gasteiger partial charge < -0.3 is 10.2 Å². The second kappa shape index (κ2) is 5.11. The molecular weight excluding hydrogens is 278 g/mol. The predicted molar refractivity (Wildman–Crippen MR) is 75.8 cm³/mol. The van der Waals surface area contributed by atoms with Gasteiger partial charge in [-0.05, 0) is 39.3 Å². The third-order valence-corrected chi connectivity index (χ3v) is 5.57. The van der Waals surface area contributed by atoms with Crippen molar-refractivity contribution >= 4 is 10.0 Å². The molecule has 6 heteroatoms. The quantitative estimate of drug-likeness (QED) is 0.869. The van der Waals surface area contributed by atoms with Crippen molar-refractivity contribution in [1.29, 1.82) is 0 Å². The minimum Gasteiger partial charge on any atom is -0.392 e. The summed E-state index contributed by atoms with van der Waals surface area (Å²) in [6.07, 6.45) is -0.499. The van der Waals surface area contributed by atoms with Gasteiger partial charge in [0.15, 0.2) is 0 Å². The van der Waals surface area contributed by atoms with Crippen molar-refractivity contribution in [3.8, 4) is 0 Å². The fourth-order valence-corrected chi connectivity index (χ4v) is 4.34. The van der Waals surface area contributed by atoms with Crippen molar-refractivity contribution in [3.63, 3.8) is 0 Å². The summed E-state index contributed by atoms with van der Waals surface area (Å²) in [7, 11) is -3.71. The first-order valence-electron chi connectivity index (χ1n) is 6.61. The van der Waals surface area contributed by atoms with Crippen molar-refractivity contribution in [2.75, 3.05) is 6.54 Å². The Morgan fingerprint density at radius 3 is 2.30 bits per heavy atom. The summed E-state index contributed by atoms with van der Waals surface area (Å²) in [5.74, 6) is 0. The molecule has 0 saturated carbocycles. The smallest absolute Gasteiger partial charge is 0.243 e. The Labute approximate surface area is 119 Å². The van der Waals surface area contributed by atoms with Crippen LogP contribution < -0.4 is 0 Å². The van der Waals surface area contributed by atoms with Gasteiger partial charge in [0.1, 0.15) is 0 Å². The van der Waals surface area contributed by atoms with Gasteiger partial charge in [-0.1, -0.05) is 17.7 Å². The van der Waals surface area contributed by atoms with Crippen molar-refractivity contribution in [2.24, 2.45) is 0 Å². The van der Waals surface area contributed by atoms with Gasteiger partial charge in [-0.15, -0.1) is 0 Å². The molecule has 5 nitrogen and oxygen atoms in total. The van der Waals surface area contributed by atoms with Crippen LogP contribution in [0.1, 0.15) is 25.8 Å². The number of aliphatic hydroxyl groups excluding tert-OH is 1. The van der Waals surface area contributed by atoms with Gasteiger partial charge in [0.05, 0.1) is 22.6 Å². The molecule has 0 amide bonds. The van der Waals surface area contributed by atoms with E-state index in [1.165, 1.54) is 4.31 Å². The minimum absolute atomic E-state index is 0.0187. The largest absolute Gasteiger partial charge is 0.392 e. The SMILES string of the molecule is Cc1ccc(S(=O)(=O)N2C[C@H](O)C[C@H]2C(C)(C)O)cc1. The highest BCUT2D eigenvalue weighted by Gasteiger charge is 2.46. The summed E-state index contributed by atoms with van der Waals surface area (Å²) in [4.78, 5) is 0.187. The Morgan fingerprint density at radius 1 is 1.25 bits per heavy atom. The van der Waals surface area contributed by atoms with Crippen LogP contribution >= 0.6 is 0 Å². The molecule has 1 aromatic carbocycles. The topological polar surface area (TPSA) is 77.8 Å². The maximum Gasteiger partial charge on any atom is 0.243 e. The van der Waals surface area contributed by atoms with Gasteiger partial charge >= 0.3 is 0 Å². The van der Waals surface area contributed by atoms with Gasteiger partial charge in [-0.2, -0.15) is 4.31 Å². The van der Waals surface area contributed by atoms with E-state index in [9.17, 15) is 18.6 Å². The lowest BCUT2D eigenvalue weighted by atomic mass is 9.97. The normalized spacial score (nSPS) is 25.1. The molecule has 112 valence electrons. The van der Waals surface area contributed by atoms with Crippen LogP contribution in [0.3, 0.4) is 0 Å².